The Balaban J connectivity index is 1.82. The molecule has 5 heteroatoms. The van der Waals surface area contributed by atoms with Crippen LogP contribution in [0.5, 0.6) is 11.5 Å². The number of aryl methyl sites for hydroxylation is 1. The first-order chi connectivity index (χ1) is 12.8. The Hall–Kier alpha value is -2.53. The van der Waals surface area contributed by atoms with Crippen LogP contribution < -0.4 is 15.2 Å². The fourth-order valence-electron chi connectivity index (χ4n) is 3.42. The van der Waals surface area contributed by atoms with Gasteiger partial charge >= 0.3 is 0 Å². The maximum atomic E-state index is 5.78. The minimum absolute atomic E-state index is 0.550. The predicted octanol–water partition coefficient (Wildman–Crippen LogP) is 4.12. The molecule has 2 N–H and O–H groups in total. The van der Waals surface area contributed by atoms with Crippen molar-refractivity contribution in [3.05, 3.63) is 42.0 Å². The average molecular weight is 351 g/mol. The second-order valence-corrected chi connectivity index (χ2v) is 6.68. The highest BCUT2D eigenvalue weighted by Gasteiger charge is 2.18. The van der Waals surface area contributed by atoms with Gasteiger partial charge in [0.2, 0.25) is 0 Å². The quantitative estimate of drug-likeness (QED) is 0.679. The Morgan fingerprint density at radius 1 is 1.04 bits per heavy atom. The Labute approximate surface area is 153 Å². The van der Waals surface area contributed by atoms with Crippen LogP contribution in [-0.2, 0) is 13.1 Å². The van der Waals surface area contributed by atoms with Crippen LogP contribution in [-0.4, -0.2) is 22.8 Å². The molecule has 0 saturated carbocycles. The molecule has 1 aliphatic rings. The molecule has 5 nitrogen and oxygen atoms in total. The highest BCUT2D eigenvalue weighted by molar-refractivity contribution is 5.84. The van der Waals surface area contributed by atoms with Crippen LogP contribution in [0, 0.1) is 0 Å². The highest BCUT2D eigenvalue weighted by atomic mass is 16.6. The molecular weight excluding hydrogens is 326 g/mol. The van der Waals surface area contributed by atoms with E-state index in [1.54, 1.807) is 0 Å². The van der Waals surface area contributed by atoms with Crippen molar-refractivity contribution in [3.63, 3.8) is 0 Å². The molecule has 0 unspecified atom stereocenters. The highest BCUT2D eigenvalue weighted by Crippen LogP contribution is 2.36. The summed E-state index contributed by atoms with van der Waals surface area (Å²) < 4.78 is 13.8. The number of hydrogen-bond donors (Lipinski definition) is 1. The van der Waals surface area contributed by atoms with E-state index >= 15 is 0 Å². The average Bonchev–Trinajstić information content (AvgIpc) is 3.04. The molecule has 0 fully saturated rings. The van der Waals surface area contributed by atoms with Crippen LogP contribution in [0.4, 0.5) is 0 Å². The second kappa shape index (κ2) is 7.38. The van der Waals surface area contributed by atoms with E-state index < -0.39 is 0 Å². The Kier molecular flexibility index (Phi) is 4.80. The third kappa shape index (κ3) is 3.15. The van der Waals surface area contributed by atoms with Crippen molar-refractivity contribution in [1.29, 1.82) is 0 Å². The molecule has 0 spiro atoms. The van der Waals surface area contributed by atoms with E-state index in [1.807, 2.05) is 6.07 Å². The maximum absolute atomic E-state index is 5.78. The van der Waals surface area contributed by atoms with Crippen LogP contribution in [0.25, 0.3) is 22.4 Å². The zero-order valence-electron chi connectivity index (χ0n) is 15.2. The number of rotatable bonds is 6. The van der Waals surface area contributed by atoms with Gasteiger partial charge in [0.15, 0.2) is 11.5 Å². The first-order valence-corrected chi connectivity index (χ1v) is 9.39. The van der Waals surface area contributed by atoms with Crippen molar-refractivity contribution >= 4 is 11.0 Å². The van der Waals surface area contributed by atoms with Crippen molar-refractivity contribution in [2.45, 2.75) is 39.3 Å². The number of nitrogens with zero attached hydrogens (tertiary/aromatic N) is 2. The fourth-order valence-corrected chi connectivity index (χ4v) is 3.42. The van der Waals surface area contributed by atoms with Gasteiger partial charge in [0.1, 0.15) is 19.0 Å². The summed E-state index contributed by atoms with van der Waals surface area (Å²) in [7, 11) is 0. The summed E-state index contributed by atoms with van der Waals surface area (Å²) in [6.07, 6.45) is 3.53. The van der Waals surface area contributed by atoms with Gasteiger partial charge in [-0.1, -0.05) is 44.0 Å². The summed E-state index contributed by atoms with van der Waals surface area (Å²) in [4.78, 5) is 4.92. The van der Waals surface area contributed by atoms with Crippen molar-refractivity contribution < 1.29 is 9.47 Å². The van der Waals surface area contributed by atoms with Gasteiger partial charge in [-0.25, -0.2) is 4.98 Å². The van der Waals surface area contributed by atoms with E-state index in [9.17, 15) is 0 Å². The van der Waals surface area contributed by atoms with Crippen molar-refractivity contribution in [3.8, 4) is 22.9 Å². The molecule has 26 heavy (non-hydrogen) atoms. The third-order valence-electron chi connectivity index (χ3n) is 4.85. The van der Waals surface area contributed by atoms with Gasteiger partial charge in [0.25, 0.3) is 0 Å². The summed E-state index contributed by atoms with van der Waals surface area (Å²) in [6, 6.07) is 12.4. The van der Waals surface area contributed by atoms with E-state index in [-0.39, 0.29) is 0 Å². The SMILES string of the molecule is CCCCCn1c(-c2ccc(CN)cc2)nc2cc3c(cc21)OCCO3. The summed E-state index contributed by atoms with van der Waals surface area (Å²) in [6.45, 7) is 4.89. The molecule has 0 aliphatic carbocycles. The predicted molar refractivity (Wildman–Crippen MR) is 104 cm³/mol. The van der Waals surface area contributed by atoms with Gasteiger partial charge in [-0.3, -0.25) is 0 Å². The molecule has 4 rings (SSSR count). The van der Waals surface area contributed by atoms with Crippen LogP contribution in [0.1, 0.15) is 31.7 Å². The normalized spacial score (nSPS) is 13.3. The molecule has 2 aromatic carbocycles. The van der Waals surface area contributed by atoms with Crippen molar-refractivity contribution in [2.24, 2.45) is 5.73 Å². The molecule has 1 aliphatic heterocycles. The molecule has 0 saturated heterocycles. The number of hydrogen-bond acceptors (Lipinski definition) is 4. The third-order valence-corrected chi connectivity index (χ3v) is 4.85. The van der Waals surface area contributed by atoms with Crippen molar-refractivity contribution in [1.82, 2.24) is 9.55 Å². The Morgan fingerprint density at radius 3 is 2.46 bits per heavy atom. The van der Waals surface area contributed by atoms with E-state index in [1.165, 1.54) is 12.8 Å². The summed E-state index contributed by atoms with van der Waals surface area (Å²) in [5, 5.41) is 0. The molecule has 2 heterocycles. The lowest BCUT2D eigenvalue weighted by molar-refractivity contribution is 0.172. The molecule has 0 bridgehead atoms. The first kappa shape index (κ1) is 16.9. The summed E-state index contributed by atoms with van der Waals surface area (Å²) >= 11 is 0. The first-order valence-electron chi connectivity index (χ1n) is 9.39. The van der Waals surface area contributed by atoms with Gasteiger partial charge in [-0.05, 0) is 12.0 Å². The number of ether oxygens (including phenoxy) is 2. The second-order valence-electron chi connectivity index (χ2n) is 6.68. The molecule has 0 atom stereocenters. The zero-order chi connectivity index (χ0) is 17.9. The zero-order valence-corrected chi connectivity index (χ0v) is 15.2. The number of fused-ring (bicyclic) bond motifs is 2. The van der Waals surface area contributed by atoms with E-state index in [0.717, 1.165) is 52.4 Å². The van der Waals surface area contributed by atoms with Crippen LogP contribution in [0.3, 0.4) is 0 Å². The van der Waals surface area contributed by atoms with E-state index in [0.29, 0.717) is 19.8 Å². The van der Waals surface area contributed by atoms with Gasteiger partial charge in [0, 0.05) is 30.8 Å². The molecule has 0 amide bonds. The number of benzene rings is 2. The molecule has 1 aromatic heterocycles. The van der Waals surface area contributed by atoms with Crippen molar-refractivity contribution in [2.75, 3.05) is 13.2 Å². The summed E-state index contributed by atoms with van der Waals surface area (Å²) in [5.41, 5.74) is 10.0. The van der Waals surface area contributed by atoms with Gasteiger partial charge in [0.05, 0.1) is 11.0 Å². The Morgan fingerprint density at radius 2 is 1.77 bits per heavy atom. The summed E-state index contributed by atoms with van der Waals surface area (Å²) in [5.74, 6) is 2.58. The monoisotopic (exact) mass is 351 g/mol. The Bertz CT molecular complexity index is 900. The molecular formula is C21H25N3O2. The lowest BCUT2D eigenvalue weighted by atomic mass is 10.1. The lowest BCUT2D eigenvalue weighted by Gasteiger charge is -2.18. The number of imidazole rings is 1. The smallest absolute Gasteiger partial charge is 0.163 e. The maximum Gasteiger partial charge on any atom is 0.163 e. The molecule has 136 valence electrons. The standard InChI is InChI=1S/C21H25N3O2/c1-2-3-4-9-24-18-13-20-19(25-10-11-26-20)12-17(18)23-21(24)16-7-5-15(14-22)6-8-16/h5-8,12-13H,2-4,9-11,14,22H2,1H3. The van der Waals surface area contributed by atoms with Gasteiger partial charge in [-0.15, -0.1) is 0 Å². The van der Waals surface area contributed by atoms with E-state index in [4.69, 9.17) is 20.2 Å². The number of nitrogens with two attached hydrogens (primary N) is 1. The lowest BCUT2D eigenvalue weighted by Crippen LogP contribution is -2.15. The number of aromatic nitrogens is 2. The van der Waals surface area contributed by atoms with Gasteiger partial charge < -0.3 is 19.8 Å². The largest absolute Gasteiger partial charge is 0.486 e. The number of unbranched alkanes of at least 4 members (excludes halogenated alkanes) is 2. The minimum Gasteiger partial charge on any atom is -0.486 e. The molecule has 0 radical (unpaired) electrons. The van der Waals surface area contributed by atoms with E-state index in [2.05, 4.69) is 41.8 Å². The van der Waals surface area contributed by atoms with Gasteiger partial charge in [-0.2, -0.15) is 0 Å². The fraction of sp³-hybridized carbons (Fsp3) is 0.381. The van der Waals surface area contributed by atoms with Crippen LogP contribution in [0.2, 0.25) is 0 Å². The van der Waals surface area contributed by atoms with Crippen LogP contribution >= 0.6 is 0 Å². The topological polar surface area (TPSA) is 62.3 Å². The van der Waals surface area contributed by atoms with Crippen LogP contribution in [0.15, 0.2) is 36.4 Å². The minimum atomic E-state index is 0.550. The molecule has 3 aromatic rings.